The number of hydrogen-bond acceptors (Lipinski definition) is 5. The maximum absolute atomic E-state index is 9.66. The zero-order chi connectivity index (χ0) is 12.9. The van der Waals surface area contributed by atoms with Crippen molar-refractivity contribution in [2.45, 2.75) is 38.5 Å². The summed E-state index contributed by atoms with van der Waals surface area (Å²) in [6, 6.07) is 0.270. The van der Waals surface area contributed by atoms with E-state index >= 15 is 0 Å². The Bertz CT molecular complexity index is 223. The van der Waals surface area contributed by atoms with Gasteiger partial charge in [0.1, 0.15) is 0 Å². The fourth-order valence-corrected chi connectivity index (χ4v) is 1.95. The van der Waals surface area contributed by atoms with E-state index in [4.69, 9.17) is 9.47 Å². The molecule has 5 nitrogen and oxygen atoms in total. The monoisotopic (exact) mass is 247 g/mol. The number of aliphatic hydroxyl groups excluding tert-OH is 2. The second-order valence-electron chi connectivity index (χ2n) is 5.26. The highest BCUT2D eigenvalue weighted by atomic mass is 16.5. The zero-order valence-electron chi connectivity index (χ0n) is 11.0. The first-order valence-electron chi connectivity index (χ1n) is 6.14. The average Bonchev–Trinajstić information content (AvgIpc) is 2.30. The summed E-state index contributed by atoms with van der Waals surface area (Å²) in [6.07, 6.45) is 0.0000466. The quantitative estimate of drug-likeness (QED) is 0.516. The predicted molar refractivity (Wildman–Crippen MR) is 64.9 cm³/mol. The SMILES string of the molecule is COCCOCC(O)CNC1CC(O)C1(C)C. The van der Waals surface area contributed by atoms with E-state index in [-0.39, 0.29) is 17.6 Å². The van der Waals surface area contributed by atoms with Crippen LogP contribution >= 0.6 is 0 Å². The first-order valence-corrected chi connectivity index (χ1v) is 6.14. The van der Waals surface area contributed by atoms with Crippen LogP contribution in [0.5, 0.6) is 0 Å². The molecule has 0 bridgehead atoms. The second-order valence-corrected chi connectivity index (χ2v) is 5.26. The molecule has 1 rings (SSSR count). The maximum atomic E-state index is 9.66. The molecule has 3 unspecified atom stereocenters. The molecule has 0 saturated heterocycles. The van der Waals surface area contributed by atoms with Gasteiger partial charge >= 0.3 is 0 Å². The van der Waals surface area contributed by atoms with Crippen LogP contribution in [0.25, 0.3) is 0 Å². The van der Waals surface area contributed by atoms with Crippen molar-refractivity contribution in [3.8, 4) is 0 Å². The molecule has 1 saturated carbocycles. The summed E-state index contributed by atoms with van der Waals surface area (Å²) in [5, 5.41) is 22.5. The van der Waals surface area contributed by atoms with Gasteiger partial charge in [0.2, 0.25) is 0 Å². The lowest BCUT2D eigenvalue weighted by Crippen LogP contribution is -2.61. The summed E-state index contributed by atoms with van der Waals surface area (Å²) in [7, 11) is 1.62. The molecular formula is C12H25NO4. The molecule has 5 heteroatoms. The van der Waals surface area contributed by atoms with Gasteiger partial charge in [0.25, 0.3) is 0 Å². The summed E-state index contributed by atoms with van der Waals surface area (Å²) in [4.78, 5) is 0. The largest absolute Gasteiger partial charge is 0.392 e. The van der Waals surface area contributed by atoms with Crippen molar-refractivity contribution in [1.82, 2.24) is 5.32 Å². The molecular weight excluding hydrogens is 222 g/mol. The maximum Gasteiger partial charge on any atom is 0.0897 e. The standard InChI is InChI=1S/C12H25NO4/c1-12(2)10(6-11(12)15)13-7-9(14)8-17-5-4-16-3/h9-11,13-15H,4-8H2,1-3H3. The first kappa shape index (κ1) is 14.9. The number of nitrogens with one attached hydrogen (secondary N) is 1. The Labute approximate surface area is 103 Å². The molecule has 1 aliphatic rings. The van der Waals surface area contributed by atoms with Crippen LogP contribution in [0.2, 0.25) is 0 Å². The molecule has 0 radical (unpaired) electrons. The molecule has 102 valence electrons. The van der Waals surface area contributed by atoms with E-state index in [0.29, 0.717) is 26.4 Å². The number of methoxy groups -OCH3 is 1. The van der Waals surface area contributed by atoms with Crippen molar-refractivity contribution in [1.29, 1.82) is 0 Å². The summed E-state index contributed by atoms with van der Waals surface area (Å²) in [6.45, 7) is 5.91. The lowest BCUT2D eigenvalue weighted by atomic mass is 9.64. The van der Waals surface area contributed by atoms with Crippen LogP contribution in [-0.4, -0.2) is 61.9 Å². The molecule has 0 aromatic carbocycles. The first-order chi connectivity index (χ1) is 7.98. The Morgan fingerprint density at radius 3 is 2.65 bits per heavy atom. The van der Waals surface area contributed by atoms with Crippen molar-refractivity contribution in [3.05, 3.63) is 0 Å². The van der Waals surface area contributed by atoms with Crippen LogP contribution in [0.15, 0.2) is 0 Å². The molecule has 0 aromatic rings. The normalized spacial score (nSPS) is 28.8. The molecule has 0 spiro atoms. The number of hydrogen-bond donors (Lipinski definition) is 3. The summed E-state index contributed by atoms with van der Waals surface area (Å²) in [5.74, 6) is 0. The Morgan fingerprint density at radius 2 is 2.12 bits per heavy atom. The minimum atomic E-state index is -0.514. The molecule has 0 aromatic heterocycles. The van der Waals surface area contributed by atoms with Crippen molar-refractivity contribution < 1.29 is 19.7 Å². The lowest BCUT2D eigenvalue weighted by Gasteiger charge is -2.49. The van der Waals surface area contributed by atoms with Crippen LogP contribution in [0.4, 0.5) is 0 Å². The Hall–Kier alpha value is -0.200. The molecule has 3 atom stereocenters. The molecule has 1 aliphatic carbocycles. The molecule has 3 N–H and O–H groups in total. The van der Waals surface area contributed by atoms with Gasteiger partial charge in [0, 0.05) is 25.1 Å². The third-order valence-electron chi connectivity index (χ3n) is 3.56. The van der Waals surface area contributed by atoms with Crippen LogP contribution in [0, 0.1) is 5.41 Å². The van der Waals surface area contributed by atoms with E-state index in [1.807, 2.05) is 13.8 Å². The molecule has 0 amide bonds. The van der Waals surface area contributed by atoms with Gasteiger partial charge in [-0.25, -0.2) is 0 Å². The number of rotatable bonds is 8. The average molecular weight is 247 g/mol. The third-order valence-corrected chi connectivity index (χ3v) is 3.56. The van der Waals surface area contributed by atoms with Gasteiger partial charge in [-0.3, -0.25) is 0 Å². The highest BCUT2D eigenvalue weighted by Crippen LogP contribution is 2.40. The van der Waals surface area contributed by atoms with Gasteiger partial charge in [0.05, 0.1) is 32.0 Å². The predicted octanol–water partition coefficient (Wildman–Crippen LogP) is -0.241. The van der Waals surface area contributed by atoms with E-state index in [1.54, 1.807) is 7.11 Å². The summed E-state index contributed by atoms with van der Waals surface area (Å²) < 4.78 is 10.1. The van der Waals surface area contributed by atoms with Crippen molar-refractivity contribution >= 4 is 0 Å². The van der Waals surface area contributed by atoms with E-state index in [2.05, 4.69) is 5.32 Å². The van der Waals surface area contributed by atoms with Crippen molar-refractivity contribution in [3.63, 3.8) is 0 Å². The lowest BCUT2D eigenvalue weighted by molar-refractivity contribution is -0.0769. The third kappa shape index (κ3) is 4.19. The van der Waals surface area contributed by atoms with Crippen molar-refractivity contribution in [2.24, 2.45) is 5.41 Å². The second kappa shape index (κ2) is 6.66. The van der Waals surface area contributed by atoms with Gasteiger partial charge < -0.3 is 25.0 Å². The summed E-state index contributed by atoms with van der Waals surface area (Å²) >= 11 is 0. The van der Waals surface area contributed by atoms with Crippen LogP contribution in [0.3, 0.4) is 0 Å². The van der Waals surface area contributed by atoms with Crippen LogP contribution in [0.1, 0.15) is 20.3 Å². The smallest absolute Gasteiger partial charge is 0.0897 e. The van der Waals surface area contributed by atoms with E-state index in [1.165, 1.54) is 0 Å². The topological polar surface area (TPSA) is 71.0 Å². The van der Waals surface area contributed by atoms with Crippen LogP contribution in [-0.2, 0) is 9.47 Å². The van der Waals surface area contributed by atoms with E-state index in [0.717, 1.165) is 6.42 Å². The summed E-state index contributed by atoms with van der Waals surface area (Å²) in [5.41, 5.74) is -0.101. The Morgan fingerprint density at radius 1 is 1.41 bits per heavy atom. The Kier molecular flexibility index (Phi) is 5.82. The molecule has 1 fully saturated rings. The van der Waals surface area contributed by atoms with Gasteiger partial charge in [-0.05, 0) is 6.42 Å². The number of aliphatic hydroxyl groups is 2. The number of ether oxygens (including phenoxy) is 2. The van der Waals surface area contributed by atoms with Crippen molar-refractivity contribution in [2.75, 3.05) is 33.5 Å². The molecule has 17 heavy (non-hydrogen) atoms. The highest BCUT2D eigenvalue weighted by molar-refractivity contribution is 5.01. The van der Waals surface area contributed by atoms with E-state index < -0.39 is 6.10 Å². The zero-order valence-corrected chi connectivity index (χ0v) is 11.0. The van der Waals surface area contributed by atoms with E-state index in [9.17, 15) is 10.2 Å². The fraction of sp³-hybridized carbons (Fsp3) is 1.00. The minimum Gasteiger partial charge on any atom is -0.392 e. The van der Waals surface area contributed by atoms with Gasteiger partial charge in [0.15, 0.2) is 0 Å². The van der Waals surface area contributed by atoms with Crippen LogP contribution < -0.4 is 5.32 Å². The van der Waals surface area contributed by atoms with Gasteiger partial charge in [-0.15, -0.1) is 0 Å². The minimum absolute atomic E-state index is 0.101. The highest BCUT2D eigenvalue weighted by Gasteiger charge is 2.46. The Balaban J connectivity index is 2.06. The fourth-order valence-electron chi connectivity index (χ4n) is 1.95. The van der Waals surface area contributed by atoms with Gasteiger partial charge in [-0.1, -0.05) is 13.8 Å². The molecule has 0 aliphatic heterocycles. The molecule has 0 heterocycles. The van der Waals surface area contributed by atoms with Gasteiger partial charge in [-0.2, -0.15) is 0 Å².